The van der Waals surface area contributed by atoms with E-state index in [1.54, 1.807) is 24.1 Å². The fraction of sp³-hybridized carbons (Fsp3) is 0.364. The molecule has 148 valence electrons. The highest BCUT2D eigenvalue weighted by molar-refractivity contribution is 5.83. The first-order valence-electron chi connectivity index (χ1n) is 9.45. The normalized spacial score (nSPS) is 18.8. The van der Waals surface area contributed by atoms with Crippen LogP contribution in [0.1, 0.15) is 30.4 Å². The highest BCUT2D eigenvalue weighted by atomic mass is 19.1. The van der Waals surface area contributed by atoms with E-state index in [0.29, 0.717) is 26.1 Å². The van der Waals surface area contributed by atoms with Crippen molar-refractivity contribution in [2.24, 2.45) is 5.92 Å². The maximum Gasteiger partial charge on any atom is 0.225 e. The van der Waals surface area contributed by atoms with Crippen molar-refractivity contribution in [2.45, 2.75) is 25.8 Å². The zero-order chi connectivity index (χ0) is 20.1. The molecule has 1 aliphatic heterocycles. The highest BCUT2D eigenvalue weighted by Crippen LogP contribution is 2.34. The van der Waals surface area contributed by atoms with Gasteiger partial charge in [0.05, 0.1) is 13.0 Å². The largest absolute Gasteiger partial charge is 0.497 e. The molecule has 0 spiro atoms. The number of benzene rings is 2. The van der Waals surface area contributed by atoms with E-state index in [4.69, 9.17) is 4.74 Å². The lowest BCUT2D eigenvalue weighted by molar-refractivity contribution is -0.130. The zero-order valence-corrected chi connectivity index (χ0v) is 16.2. The van der Waals surface area contributed by atoms with Crippen LogP contribution in [0.5, 0.6) is 5.75 Å². The maximum atomic E-state index is 13.0. The number of carbonyl (C=O) groups is 2. The quantitative estimate of drug-likeness (QED) is 0.833. The number of carbonyl (C=O) groups excluding carboxylic acids is 2. The minimum atomic E-state index is -0.329. The van der Waals surface area contributed by atoms with Crippen molar-refractivity contribution in [1.29, 1.82) is 0 Å². The molecule has 0 aliphatic carbocycles. The SMILES string of the molecule is CCC(=O)N1C[C@@H](C(=O)NCc2ccc(F)cc2)[C@H](c2ccc(OC)cc2)C1. The van der Waals surface area contributed by atoms with E-state index < -0.39 is 0 Å². The molecule has 0 unspecified atom stereocenters. The molecule has 6 heteroatoms. The third-order valence-corrected chi connectivity index (χ3v) is 5.24. The first-order chi connectivity index (χ1) is 13.5. The van der Waals surface area contributed by atoms with Crippen molar-refractivity contribution < 1.29 is 18.7 Å². The van der Waals surface area contributed by atoms with Gasteiger partial charge in [-0.2, -0.15) is 0 Å². The van der Waals surface area contributed by atoms with Gasteiger partial charge in [0, 0.05) is 32.0 Å². The minimum Gasteiger partial charge on any atom is -0.497 e. The van der Waals surface area contributed by atoms with Crippen molar-refractivity contribution in [1.82, 2.24) is 10.2 Å². The van der Waals surface area contributed by atoms with Crippen LogP contribution in [-0.4, -0.2) is 36.9 Å². The Bertz CT molecular complexity index is 821. The molecular formula is C22H25FN2O3. The molecule has 1 heterocycles. The molecule has 1 N–H and O–H groups in total. The zero-order valence-electron chi connectivity index (χ0n) is 16.2. The number of halogens is 1. The van der Waals surface area contributed by atoms with Crippen LogP contribution >= 0.6 is 0 Å². The van der Waals surface area contributed by atoms with Gasteiger partial charge in [-0.3, -0.25) is 9.59 Å². The van der Waals surface area contributed by atoms with Gasteiger partial charge in [0.25, 0.3) is 0 Å². The van der Waals surface area contributed by atoms with Gasteiger partial charge in [0.2, 0.25) is 11.8 Å². The van der Waals surface area contributed by atoms with Crippen LogP contribution in [0.25, 0.3) is 0 Å². The van der Waals surface area contributed by atoms with E-state index in [0.717, 1.165) is 16.9 Å². The predicted octanol–water partition coefficient (Wildman–Crippen LogP) is 3.10. The van der Waals surface area contributed by atoms with E-state index in [2.05, 4.69) is 5.32 Å². The molecule has 2 aromatic carbocycles. The molecule has 0 aromatic heterocycles. The van der Waals surface area contributed by atoms with Crippen LogP contribution in [0.4, 0.5) is 4.39 Å². The lowest BCUT2D eigenvalue weighted by atomic mass is 9.88. The van der Waals surface area contributed by atoms with Gasteiger partial charge in [-0.25, -0.2) is 4.39 Å². The van der Waals surface area contributed by atoms with Gasteiger partial charge < -0.3 is 15.0 Å². The standard InChI is InChI=1S/C22H25FN2O3/c1-3-21(26)25-13-19(16-6-10-18(28-2)11-7-16)20(14-25)22(27)24-12-15-4-8-17(23)9-5-15/h4-11,19-20H,3,12-14H2,1-2H3,(H,24,27)/t19-,20+/m0/s1. The third kappa shape index (κ3) is 4.50. The molecule has 2 aromatic rings. The molecule has 2 atom stereocenters. The number of hydrogen-bond acceptors (Lipinski definition) is 3. The van der Waals surface area contributed by atoms with Crippen molar-refractivity contribution in [3.05, 3.63) is 65.5 Å². The Balaban J connectivity index is 1.74. The van der Waals surface area contributed by atoms with Crippen molar-refractivity contribution in [3.8, 4) is 5.75 Å². The Hall–Kier alpha value is -2.89. The summed E-state index contributed by atoms with van der Waals surface area (Å²) in [6.45, 7) is 3.07. The maximum absolute atomic E-state index is 13.0. The number of rotatable bonds is 6. The van der Waals surface area contributed by atoms with Crippen LogP contribution in [0, 0.1) is 11.7 Å². The van der Waals surface area contributed by atoms with Gasteiger partial charge in [0.15, 0.2) is 0 Å². The molecule has 5 nitrogen and oxygen atoms in total. The van der Waals surface area contributed by atoms with E-state index >= 15 is 0 Å². The lowest BCUT2D eigenvalue weighted by Crippen LogP contribution is -2.35. The van der Waals surface area contributed by atoms with Gasteiger partial charge in [-0.1, -0.05) is 31.2 Å². The fourth-order valence-electron chi connectivity index (χ4n) is 3.61. The predicted molar refractivity (Wildman–Crippen MR) is 104 cm³/mol. The van der Waals surface area contributed by atoms with Crippen LogP contribution in [0.15, 0.2) is 48.5 Å². The average Bonchev–Trinajstić information content (AvgIpc) is 3.18. The fourth-order valence-corrected chi connectivity index (χ4v) is 3.61. The topological polar surface area (TPSA) is 58.6 Å². The second kappa shape index (κ2) is 8.87. The molecule has 3 rings (SSSR count). The first kappa shape index (κ1) is 19.9. The Morgan fingerprint density at radius 1 is 1.11 bits per heavy atom. The summed E-state index contributed by atoms with van der Waals surface area (Å²) in [5, 5.41) is 2.94. The Kier molecular flexibility index (Phi) is 6.29. The van der Waals surface area contributed by atoms with E-state index in [1.165, 1.54) is 12.1 Å². The Morgan fingerprint density at radius 3 is 2.39 bits per heavy atom. The van der Waals surface area contributed by atoms with E-state index in [9.17, 15) is 14.0 Å². The van der Waals surface area contributed by atoms with Gasteiger partial charge >= 0.3 is 0 Å². The van der Waals surface area contributed by atoms with E-state index in [-0.39, 0.29) is 29.5 Å². The summed E-state index contributed by atoms with van der Waals surface area (Å²) >= 11 is 0. The summed E-state index contributed by atoms with van der Waals surface area (Å²) in [7, 11) is 1.61. The summed E-state index contributed by atoms with van der Waals surface area (Å²) in [5.74, 6) is -0.0115. The molecule has 1 aliphatic rings. The summed E-state index contributed by atoms with van der Waals surface area (Å²) in [6, 6.07) is 13.7. The number of ether oxygens (including phenoxy) is 1. The van der Waals surface area contributed by atoms with Gasteiger partial charge in [-0.15, -0.1) is 0 Å². The van der Waals surface area contributed by atoms with E-state index in [1.807, 2.05) is 31.2 Å². The molecule has 0 saturated carbocycles. The smallest absolute Gasteiger partial charge is 0.225 e. The van der Waals surface area contributed by atoms with Crippen molar-refractivity contribution in [2.75, 3.05) is 20.2 Å². The second-order valence-corrected chi connectivity index (χ2v) is 6.98. The molecular weight excluding hydrogens is 359 g/mol. The summed E-state index contributed by atoms with van der Waals surface area (Å²) in [4.78, 5) is 26.9. The summed E-state index contributed by atoms with van der Waals surface area (Å²) in [5.41, 5.74) is 1.84. The first-order valence-corrected chi connectivity index (χ1v) is 9.45. The van der Waals surface area contributed by atoms with Crippen molar-refractivity contribution >= 4 is 11.8 Å². The second-order valence-electron chi connectivity index (χ2n) is 6.98. The molecule has 1 saturated heterocycles. The third-order valence-electron chi connectivity index (χ3n) is 5.24. The van der Waals surface area contributed by atoms with Gasteiger partial charge in [0.1, 0.15) is 11.6 Å². The number of nitrogens with one attached hydrogen (secondary N) is 1. The molecule has 28 heavy (non-hydrogen) atoms. The van der Waals surface area contributed by atoms with Crippen LogP contribution in [0.3, 0.4) is 0 Å². The van der Waals surface area contributed by atoms with Crippen molar-refractivity contribution in [3.63, 3.8) is 0 Å². The van der Waals surface area contributed by atoms with Crippen LogP contribution < -0.4 is 10.1 Å². The Labute approximate surface area is 164 Å². The number of methoxy groups -OCH3 is 1. The Morgan fingerprint density at radius 2 is 1.79 bits per heavy atom. The average molecular weight is 384 g/mol. The summed E-state index contributed by atoms with van der Waals surface area (Å²) < 4.78 is 18.3. The lowest BCUT2D eigenvalue weighted by Gasteiger charge is -2.18. The van der Waals surface area contributed by atoms with Crippen LogP contribution in [-0.2, 0) is 16.1 Å². The highest BCUT2D eigenvalue weighted by Gasteiger charge is 2.39. The molecule has 0 bridgehead atoms. The molecule has 2 amide bonds. The molecule has 1 fully saturated rings. The summed E-state index contributed by atoms with van der Waals surface area (Å²) in [6.07, 6.45) is 0.416. The number of likely N-dealkylation sites (tertiary alicyclic amines) is 1. The van der Waals surface area contributed by atoms with Crippen LogP contribution in [0.2, 0.25) is 0 Å². The molecule has 0 radical (unpaired) electrons. The number of nitrogens with zero attached hydrogens (tertiary/aromatic N) is 1. The monoisotopic (exact) mass is 384 g/mol. The van der Waals surface area contributed by atoms with Gasteiger partial charge in [-0.05, 0) is 35.4 Å². The minimum absolute atomic E-state index is 0.0485. The number of hydrogen-bond donors (Lipinski definition) is 1. The number of amides is 2.